The molecule has 1 rings (SSSR count). The highest BCUT2D eigenvalue weighted by atomic mass is 32.2. The van der Waals surface area contributed by atoms with Crippen molar-refractivity contribution in [3.05, 3.63) is 35.4 Å². The predicted octanol–water partition coefficient (Wildman–Crippen LogP) is 4.43. The number of hydrogen-bond acceptors (Lipinski definition) is 2. The number of thioether (sulfide) groups is 1. The van der Waals surface area contributed by atoms with Crippen molar-refractivity contribution in [3.8, 4) is 0 Å². The lowest BCUT2D eigenvalue weighted by atomic mass is 10.0. The molecule has 0 aliphatic heterocycles. The highest BCUT2D eigenvalue weighted by molar-refractivity contribution is 7.98. The maximum absolute atomic E-state index is 3.71. The largest absolute Gasteiger partial charge is 0.307 e. The van der Waals surface area contributed by atoms with Gasteiger partial charge in [0.15, 0.2) is 0 Å². The van der Waals surface area contributed by atoms with Gasteiger partial charge in [-0.1, -0.05) is 44.5 Å². The van der Waals surface area contributed by atoms with Crippen LogP contribution in [0.25, 0.3) is 0 Å². The first kappa shape index (κ1) is 15.6. The van der Waals surface area contributed by atoms with Crippen LogP contribution in [0.5, 0.6) is 0 Å². The molecule has 2 unspecified atom stereocenters. The molecule has 2 heteroatoms. The fraction of sp³-hybridized carbons (Fsp3) is 0.625. The van der Waals surface area contributed by atoms with Crippen LogP contribution in [0, 0.1) is 0 Å². The van der Waals surface area contributed by atoms with Crippen LogP contribution in [0.4, 0.5) is 0 Å². The minimum Gasteiger partial charge on any atom is -0.307 e. The van der Waals surface area contributed by atoms with Crippen LogP contribution in [0.1, 0.15) is 50.8 Å². The van der Waals surface area contributed by atoms with E-state index in [1.54, 1.807) is 0 Å². The molecule has 102 valence electrons. The van der Waals surface area contributed by atoms with E-state index in [-0.39, 0.29) is 0 Å². The molecule has 1 N–H and O–H groups in total. The summed E-state index contributed by atoms with van der Waals surface area (Å²) in [7, 11) is 0. The molecule has 0 aliphatic carbocycles. The molecular formula is C16H27NS. The first-order valence-electron chi connectivity index (χ1n) is 7.05. The minimum atomic E-state index is 0.442. The molecule has 2 atom stereocenters. The maximum Gasteiger partial charge on any atom is 0.0294 e. The minimum absolute atomic E-state index is 0.442. The Hall–Kier alpha value is -0.470. The number of nitrogens with one attached hydrogen (secondary N) is 1. The lowest BCUT2D eigenvalue weighted by Crippen LogP contribution is -2.32. The van der Waals surface area contributed by atoms with Gasteiger partial charge in [0.1, 0.15) is 0 Å². The Balaban J connectivity index is 2.57. The van der Waals surface area contributed by atoms with Gasteiger partial charge in [0.2, 0.25) is 0 Å². The smallest absolute Gasteiger partial charge is 0.0294 e. The number of rotatable bonds is 8. The van der Waals surface area contributed by atoms with E-state index in [1.807, 2.05) is 11.8 Å². The average Bonchev–Trinajstić information content (AvgIpc) is 2.39. The third-order valence-corrected chi connectivity index (χ3v) is 4.10. The maximum atomic E-state index is 3.71. The summed E-state index contributed by atoms with van der Waals surface area (Å²) < 4.78 is 0. The van der Waals surface area contributed by atoms with Crippen LogP contribution in [0.15, 0.2) is 24.3 Å². The van der Waals surface area contributed by atoms with Crippen molar-refractivity contribution < 1.29 is 0 Å². The second-order valence-electron chi connectivity index (χ2n) is 4.94. The van der Waals surface area contributed by atoms with Crippen LogP contribution >= 0.6 is 11.8 Å². The van der Waals surface area contributed by atoms with Gasteiger partial charge in [-0.2, -0.15) is 11.8 Å². The molecule has 0 fully saturated rings. The van der Waals surface area contributed by atoms with Gasteiger partial charge in [0, 0.05) is 17.8 Å². The molecule has 0 saturated heterocycles. The van der Waals surface area contributed by atoms with Gasteiger partial charge in [-0.05, 0) is 37.1 Å². The molecule has 0 heterocycles. The predicted molar refractivity (Wildman–Crippen MR) is 84.4 cm³/mol. The van der Waals surface area contributed by atoms with E-state index >= 15 is 0 Å². The molecule has 0 aromatic heterocycles. The topological polar surface area (TPSA) is 12.0 Å². The van der Waals surface area contributed by atoms with Crippen molar-refractivity contribution >= 4 is 11.8 Å². The summed E-state index contributed by atoms with van der Waals surface area (Å²) in [5.41, 5.74) is 2.85. The Morgan fingerprint density at radius 1 is 1.17 bits per heavy atom. The summed E-state index contributed by atoms with van der Waals surface area (Å²) in [5.74, 6) is 1.19. The Bertz CT molecular complexity index is 320. The van der Waals surface area contributed by atoms with E-state index in [0.29, 0.717) is 12.1 Å². The van der Waals surface area contributed by atoms with Crippen molar-refractivity contribution in [2.45, 2.75) is 52.1 Å². The first-order chi connectivity index (χ1) is 8.71. The summed E-state index contributed by atoms with van der Waals surface area (Å²) in [5, 5.41) is 3.71. The lowest BCUT2D eigenvalue weighted by Gasteiger charge is -2.22. The van der Waals surface area contributed by atoms with Crippen molar-refractivity contribution in [2.75, 3.05) is 12.0 Å². The Labute approximate surface area is 117 Å². The van der Waals surface area contributed by atoms with Gasteiger partial charge in [-0.3, -0.25) is 0 Å². The van der Waals surface area contributed by atoms with Crippen LogP contribution in [0.3, 0.4) is 0 Å². The summed E-state index contributed by atoms with van der Waals surface area (Å²) in [6, 6.07) is 10.1. The van der Waals surface area contributed by atoms with Crippen molar-refractivity contribution in [3.63, 3.8) is 0 Å². The summed E-state index contributed by atoms with van der Waals surface area (Å²) in [6.45, 7) is 6.75. The molecule has 0 saturated carbocycles. The fourth-order valence-electron chi connectivity index (χ4n) is 2.20. The number of aryl methyl sites for hydroxylation is 1. The van der Waals surface area contributed by atoms with E-state index in [1.165, 1.54) is 36.1 Å². The molecule has 0 spiro atoms. The summed E-state index contributed by atoms with van der Waals surface area (Å²) in [6.07, 6.45) is 5.78. The van der Waals surface area contributed by atoms with Gasteiger partial charge >= 0.3 is 0 Å². The Morgan fingerprint density at radius 3 is 2.33 bits per heavy atom. The molecule has 1 nitrogen and oxygen atoms in total. The van der Waals surface area contributed by atoms with Gasteiger partial charge in [0.25, 0.3) is 0 Å². The third-order valence-electron chi connectivity index (χ3n) is 3.36. The van der Waals surface area contributed by atoms with Crippen LogP contribution in [-0.2, 0) is 6.42 Å². The second-order valence-corrected chi connectivity index (χ2v) is 5.85. The van der Waals surface area contributed by atoms with Crippen molar-refractivity contribution in [1.29, 1.82) is 0 Å². The molecule has 0 radical (unpaired) electrons. The molecule has 1 aromatic rings. The van der Waals surface area contributed by atoms with Crippen molar-refractivity contribution in [2.24, 2.45) is 0 Å². The Kier molecular flexibility index (Phi) is 7.45. The van der Waals surface area contributed by atoms with E-state index < -0.39 is 0 Å². The first-order valence-corrected chi connectivity index (χ1v) is 8.44. The molecule has 0 aliphatic rings. The molecule has 0 bridgehead atoms. The van der Waals surface area contributed by atoms with E-state index in [2.05, 4.69) is 56.6 Å². The van der Waals surface area contributed by atoms with Crippen LogP contribution < -0.4 is 5.32 Å². The quantitative estimate of drug-likeness (QED) is 0.746. The van der Waals surface area contributed by atoms with E-state index in [0.717, 1.165) is 0 Å². The zero-order valence-corrected chi connectivity index (χ0v) is 13.0. The van der Waals surface area contributed by atoms with Gasteiger partial charge in [-0.25, -0.2) is 0 Å². The molecule has 18 heavy (non-hydrogen) atoms. The summed E-state index contributed by atoms with van der Waals surface area (Å²) >= 11 is 1.92. The second kappa shape index (κ2) is 8.60. The van der Waals surface area contributed by atoms with E-state index in [9.17, 15) is 0 Å². The SMILES string of the molecule is CCCc1ccc(C(C)NC(CC)CSC)cc1. The van der Waals surface area contributed by atoms with Gasteiger partial charge < -0.3 is 5.32 Å². The molecule has 1 aromatic carbocycles. The lowest BCUT2D eigenvalue weighted by molar-refractivity contribution is 0.475. The zero-order chi connectivity index (χ0) is 13.4. The average molecular weight is 265 g/mol. The van der Waals surface area contributed by atoms with Gasteiger partial charge in [-0.15, -0.1) is 0 Å². The van der Waals surface area contributed by atoms with Crippen LogP contribution in [0.2, 0.25) is 0 Å². The normalized spacial score (nSPS) is 14.4. The Morgan fingerprint density at radius 2 is 1.83 bits per heavy atom. The highest BCUT2D eigenvalue weighted by Gasteiger charge is 2.11. The zero-order valence-electron chi connectivity index (χ0n) is 12.2. The van der Waals surface area contributed by atoms with Crippen molar-refractivity contribution in [1.82, 2.24) is 5.32 Å². The fourth-order valence-corrected chi connectivity index (χ4v) is 2.93. The van der Waals surface area contributed by atoms with Gasteiger partial charge in [0.05, 0.1) is 0 Å². The molecule has 0 amide bonds. The van der Waals surface area contributed by atoms with E-state index in [4.69, 9.17) is 0 Å². The number of hydrogen-bond donors (Lipinski definition) is 1. The monoisotopic (exact) mass is 265 g/mol. The standard InChI is InChI=1S/C16H27NS/c1-5-7-14-8-10-15(11-9-14)13(3)17-16(6-2)12-18-4/h8-11,13,16-17H,5-7,12H2,1-4H3. The number of benzene rings is 1. The third kappa shape index (κ3) is 5.03. The van der Waals surface area contributed by atoms with Crippen LogP contribution in [-0.4, -0.2) is 18.1 Å². The summed E-state index contributed by atoms with van der Waals surface area (Å²) in [4.78, 5) is 0. The molecular weight excluding hydrogens is 238 g/mol. The highest BCUT2D eigenvalue weighted by Crippen LogP contribution is 2.16.